The molecule has 0 aliphatic heterocycles. The highest BCUT2D eigenvalue weighted by Crippen LogP contribution is 2.24. The Morgan fingerprint density at radius 1 is 1.47 bits per heavy atom. The molecule has 0 aliphatic rings. The van der Waals surface area contributed by atoms with Gasteiger partial charge in [-0.25, -0.2) is 0 Å². The molecule has 1 aromatic carbocycles. The van der Waals surface area contributed by atoms with Crippen molar-refractivity contribution >= 4 is 28.2 Å². The molecule has 0 fully saturated rings. The van der Waals surface area contributed by atoms with Crippen molar-refractivity contribution in [1.29, 1.82) is 0 Å². The standard InChI is InChI=1S/C11H11N3O/c1-7(15)14-10-6-9(12)5-8-3-2-4-13-11(8)10/h2-6H,12H2,1H3,(H,14,15). The van der Waals surface area contributed by atoms with Crippen molar-refractivity contribution in [2.45, 2.75) is 6.92 Å². The molecule has 4 nitrogen and oxygen atoms in total. The molecule has 2 rings (SSSR count). The monoisotopic (exact) mass is 201 g/mol. The molecule has 1 amide bonds. The number of nitrogen functional groups attached to an aromatic ring is 1. The Morgan fingerprint density at radius 3 is 3.00 bits per heavy atom. The van der Waals surface area contributed by atoms with Crippen molar-refractivity contribution in [3.63, 3.8) is 0 Å². The zero-order valence-electron chi connectivity index (χ0n) is 8.32. The quantitative estimate of drug-likeness (QED) is 0.691. The van der Waals surface area contributed by atoms with Crippen LogP contribution >= 0.6 is 0 Å². The van der Waals surface area contributed by atoms with Crippen molar-refractivity contribution in [3.8, 4) is 0 Å². The Bertz CT molecular complexity index is 522. The molecule has 0 spiro atoms. The summed E-state index contributed by atoms with van der Waals surface area (Å²) in [5.41, 5.74) is 7.73. The molecule has 0 aliphatic carbocycles. The highest BCUT2D eigenvalue weighted by Gasteiger charge is 2.04. The highest BCUT2D eigenvalue weighted by atomic mass is 16.1. The van der Waals surface area contributed by atoms with E-state index in [-0.39, 0.29) is 5.91 Å². The van der Waals surface area contributed by atoms with Crippen LogP contribution in [0.4, 0.5) is 11.4 Å². The van der Waals surface area contributed by atoms with Gasteiger partial charge < -0.3 is 11.1 Å². The largest absolute Gasteiger partial charge is 0.399 e. The second kappa shape index (κ2) is 3.57. The zero-order chi connectivity index (χ0) is 10.8. The van der Waals surface area contributed by atoms with E-state index in [1.807, 2.05) is 18.2 Å². The number of carbonyl (C=O) groups is 1. The lowest BCUT2D eigenvalue weighted by Crippen LogP contribution is -2.07. The van der Waals surface area contributed by atoms with Gasteiger partial charge >= 0.3 is 0 Å². The van der Waals surface area contributed by atoms with Crippen LogP contribution in [-0.4, -0.2) is 10.9 Å². The topological polar surface area (TPSA) is 68.0 Å². The maximum atomic E-state index is 11.0. The molecular weight excluding hydrogens is 190 g/mol. The first kappa shape index (κ1) is 9.45. The number of nitrogens with zero attached hydrogens (tertiary/aromatic N) is 1. The van der Waals surface area contributed by atoms with E-state index in [9.17, 15) is 4.79 Å². The molecule has 0 saturated heterocycles. The van der Waals surface area contributed by atoms with Gasteiger partial charge in [-0.15, -0.1) is 0 Å². The van der Waals surface area contributed by atoms with Gasteiger partial charge in [0.25, 0.3) is 0 Å². The molecule has 1 aromatic heterocycles. The Balaban J connectivity index is 2.65. The molecule has 76 valence electrons. The fourth-order valence-electron chi connectivity index (χ4n) is 1.50. The number of nitrogens with one attached hydrogen (secondary N) is 1. The zero-order valence-corrected chi connectivity index (χ0v) is 8.32. The maximum absolute atomic E-state index is 11.0. The van der Waals surface area contributed by atoms with Gasteiger partial charge in [-0.3, -0.25) is 9.78 Å². The third-order valence-electron chi connectivity index (χ3n) is 2.04. The summed E-state index contributed by atoms with van der Waals surface area (Å²) in [6.07, 6.45) is 1.68. The fraction of sp³-hybridized carbons (Fsp3) is 0.0909. The number of benzene rings is 1. The number of hydrogen-bond donors (Lipinski definition) is 2. The predicted octanol–water partition coefficient (Wildman–Crippen LogP) is 1.78. The first-order chi connectivity index (χ1) is 7.16. The third kappa shape index (κ3) is 1.88. The number of nitrogens with two attached hydrogens (primary N) is 1. The van der Waals surface area contributed by atoms with Gasteiger partial charge in [0.15, 0.2) is 0 Å². The number of rotatable bonds is 1. The minimum absolute atomic E-state index is 0.132. The van der Waals surface area contributed by atoms with Crippen LogP contribution in [0.1, 0.15) is 6.92 Å². The molecule has 3 N–H and O–H groups in total. The normalized spacial score (nSPS) is 10.2. The summed E-state index contributed by atoms with van der Waals surface area (Å²) in [4.78, 5) is 15.2. The van der Waals surface area contributed by atoms with Gasteiger partial charge in [0.2, 0.25) is 5.91 Å². The Kier molecular flexibility index (Phi) is 2.25. The maximum Gasteiger partial charge on any atom is 0.221 e. The lowest BCUT2D eigenvalue weighted by Gasteiger charge is -2.07. The average molecular weight is 201 g/mol. The molecular formula is C11H11N3O. The lowest BCUT2D eigenvalue weighted by molar-refractivity contribution is -0.114. The molecule has 4 heteroatoms. The molecule has 0 saturated carbocycles. The van der Waals surface area contributed by atoms with Gasteiger partial charge in [-0.2, -0.15) is 0 Å². The highest BCUT2D eigenvalue weighted by molar-refractivity contribution is 6.00. The Morgan fingerprint density at radius 2 is 2.27 bits per heavy atom. The Labute approximate surface area is 87.1 Å². The number of hydrogen-bond acceptors (Lipinski definition) is 3. The SMILES string of the molecule is CC(=O)Nc1cc(N)cc2cccnc12. The summed E-state index contributed by atoms with van der Waals surface area (Å²) in [5, 5.41) is 3.63. The van der Waals surface area contributed by atoms with E-state index in [4.69, 9.17) is 5.73 Å². The smallest absolute Gasteiger partial charge is 0.221 e. The van der Waals surface area contributed by atoms with Gasteiger partial charge in [0, 0.05) is 24.2 Å². The van der Waals surface area contributed by atoms with Gasteiger partial charge in [-0.1, -0.05) is 6.07 Å². The second-order valence-corrected chi connectivity index (χ2v) is 3.32. The van der Waals surface area contributed by atoms with Crippen LogP contribution in [-0.2, 0) is 4.79 Å². The minimum atomic E-state index is -0.132. The summed E-state index contributed by atoms with van der Waals surface area (Å²) in [6.45, 7) is 1.46. The van der Waals surface area contributed by atoms with E-state index < -0.39 is 0 Å². The van der Waals surface area contributed by atoms with Crippen molar-refractivity contribution in [2.24, 2.45) is 0 Å². The molecule has 0 atom stereocenters. The number of carbonyl (C=O) groups excluding carboxylic acids is 1. The van der Waals surface area contributed by atoms with Gasteiger partial charge in [0.05, 0.1) is 11.2 Å². The van der Waals surface area contributed by atoms with Crippen LogP contribution in [0.15, 0.2) is 30.5 Å². The van der Waals surface area contributed by atoms with Crippen molar-refractivity contribution in [2.75, 3.05) is 11.1 Å². The number of amides is 1. The molecule has 0 radical (unpaired) electrons. The van der Waals surface area contributed by atoms with Crippen LogP contribution in [0.2, 0.25) is 0 Å². The summed E-state index contributed by atoms with van der Waals surface area (Å²) in [6, 6.07) is 7.27. The van der Waals surface area contributed by atoms with Crippen LogP contribution < -0.4 is 11.1 Å². The predicted molar refractivity (Wildman–Crippen MR) is 60.5 cm³/mol. The van der Waals surface area contributed by atoms with Gasteiger partial charge in [0.1, 0.15) is 0 Å². The number of fused-ring (bicyclic) bond motifs is 1. The molecule has 1 heterocycles. The molecule has 15 heavy (non-hydrogen) atoms. The number of pyridine rings is 1. The Hall–Kier alpha value is -2.10. The van der Waals surface area contributed by atoms with E-state index in [1.54, 1.807) is 12.3 Å². The van der Waals surface area contributed by atoms with Crippen molar-refractivity contribution < 1.29 is 4.79 Å². The van der Waals surface area contributed by atoms with Crippen LogP contribution in [0.3, 0.4) is 0 Å². The van der Waals surface area contributed by atoms with E-state index in [1.165, 1.54) is 6.92 Å². The first-order valence-electron chi connectivity index (χ1n) is 4.58. The van der Waals surface area contributed by atoms with Crippen molar-refractivity contribution in [1.82, 2.24) is 4.98 Å². The molecule has 0 unspecified atom stereocenters. The van der Waals surface area contributed by atoms with Crippen LogP contribution in [0, 0.1) is 0 Å². The van der Waals surface area contributed by atoms with Crippen LogP contribution in [0.5, 0.6) is 0 Å². The van der Waals surface area contributed by atoms with Crippen molar-refractivity contribution in [3.05, 3.63) is 30.5 Å². The van der Waals surface area contributed by atoms with E-state index in [0.29, 0.717) is 11.4 Å². The molecule has 0 bridgehead atoms. The minimum Gasteiger partial charge on any atom is -0.399 e. The summed E-state index contributed by atoms with van der Waals surface area (Å²) < 4.78 is 0. The van der Waals surface area contributed by atoms with E-state index in [2.05, 4.69) is 10.3 Å². The average Bonchev–Trinajstić information content (AvgIpc) is 2.16. The fourth-order valence-corrected chi connectivity index (χ4v) is 1.50. The van der Waals surface area contributed by atoms with Crippen LogP contribution in [0.25, 0.3) is 10.9 Å². The number of aromatic nitrogens is 1. The van der Waals surface area contributed by atoms with E-state index in [0.717, 1.165) is 10.9 Å². The lowest BCUT2D eigenvalue weighted by atomic mass is 10.1. The second-order valence-electron chi connectivity index (χ2n) is 3.32. The van der Waals surface area contributed by atoms with Gasteiger partial charge in [-0.05, 0) is 18.2 Å². The molecule has 2 aromatic rings. The summed E-state index contributed by atoms with van der Waals surface area (Å²) >= 11 is 0. The summed E-state index contributed by atoms with van der Waals surface area (Å²) in [5.74, 6) is -0.132. The third-order valence-corrected chi connectivity index (χ3v) is 2.04. The summed E-state index contributed by atoms with van der Waals surface area (Å²) in [7, 11) is 0. The number of anilines is 2. The first-order valence-corrected chi connectivity index (χ1v) is 4.58. The van der Waals surface area contributed by atoms with E-state index >= 15 is 0 Å².